The van der Waals surface area contributed by atoms with Gasteiger partial charge in [0.05, 0.1) is 0 Å². The van der Waals surface area contributed by atoms with Gasteiger partial charge in [-0.3, -0.25) is 9.59 Å². The molecule has 0 saturated carbocycles. The topological polar surface area (TPSA) is 58.2 Å². The van der Waals surface area contributed by atoms with Gasteiger partial charge in [0, 0.05) is 11.6 Å². The van der Waals surface area contributed by atoms with Gasteiger partial charge in [-0.25, -0.2) is 0 Å². The molecule has 2 amide bonds. The third kappa shape index (κ3) is 5.58. The van der Waals surface area contributed by atoms with Crippen molar-refractivity contribution in [3.8, 4) is 0 Å². The summed E-state index contributed by atoms with van der Waals surface area (Å²) in [6, 6.07) is 6.94. The van der Waals surface area contributed by atoms with E-state index in [0.717, 1.165) is 5.56 Å². The zero-order valence-corrected chi connectivity index (χ0v) is 13.6. The van der Waals surface area contributed by atoms with Crippen LogP contribution < -0.4 is 10.6 Å². The van der Waals surface area contributed by atoms with Crippen molar-refractivity contribution in [3.05, 3.63) is 35.4 Å². The van der Waals surface area contributed by atoms with Crippen LogP contribution in [0.15, 0.2) is 24.3 Å². The predicted octanol–water partition coefficient (Wildman–Crippen LogP) is 2.66. The molecule has 116 valence electrons. The molecule has 2 N–H and O–H groups in total. The van der Waals surface area contributed by atoms with Crippen molar-refractivity contribution in [3.63, 3.8) is 0 Å². The minimum Gasteiger partial charge on any atom is -0.352 e. The molecule has 4 nitrogen and oxygen atoms in total. The number of amides is 2. The Kier molecular flexibility index (Phi) is 6.40. The van der Waals surface area contributed by atoms with E-state index in [1.165, 1.54) is 0 Å². The predicted molar refractivity (Wildman–Crippen MR) is 85.2 cm³/mol. The molecule has 21 heavy (non-hydrogen) atoms. The van der Waals surface area contributed by atoms with Gasteiger partial charge in [-0.1, -0.05) is 32.0 Å². The quantitative estimate of drug-likeness (QED) is 0.846. The van der Waals surface area contributed by atoms with Crippen LogP contribution in [0.25, 0.3) is 0 Å². The Morgan fingerprint density at radius 2 is 1.67 bits per heavy atom. The number of carbonyl (C=O) groups is 2. The molecule has 0 radical (unpaired) electrons. The van der Waals surface area contributed by atoms with Gasteiger partial charge in [0.25, 0.3) is 5.91 Å². The summed E-state index contributed by atoms with van der Waals surface area (Å²) in [6.45, 7) is 9.78. The Morgan fingerprint density at radius 1 is 1.05 bits per heavy atom. The number of benzene rings is 1. The number of rotatable bonds is 6. The molecule has 1 unspecified atom stereocenters. The molecule has 0 aliphatic carbocycles. The van der Waals surface area contributed by atoms with Gasteiger partial charge in [-0.15, -0.1) is 0 Å². The second kappa shape index (κ2) is 7.81. The number of nitrogens with one attached hydrogen (secondary N) is 2. The van der Waals surface area contributed by atoms with Crippen molar-refractivity contribution >= 4 is 11.8 Å². The van der Waals surface area contributed by atoms with E-state index in [1.54, 1.807) is 6.07 Å². The molecule has 0 saturated heterocycles. The Hall–Kier alpha value is -1.84. The fourth-order valence-electron chi connectivity index (χ4n) is 2.15. The maximum absolute atomic E-state index is 12.4. The van der Waals surface area contributed by atoms with Gasteiger partial charge in [0.2, 0.25) is 5.91 Å². The Bertz CT molecular complexity index is 495. The standard InChI is InChI=1S/C17H26N2O2/c1-11(2)10-15(17(21)18-12(3)4)19-16(20)14-9-7-6-8-13(14)5/h6-9,11-12,15H,10H2,1-5H3,(H,18,21)(H,19,20). The molecular weight excluding hydrogens is 264 g/mol. The lowest BCUT2D eigenvalue weighted by Crippen LogP contribution is -2.49. The van der Waals surface area contributed by atoms with E-state index in [0.29, 0.717) is 17.9 Å². The normalized spacial score (nSPS) is 12.3. The van der Waals surface area contributed by atoms with E-state index in [2.05, 4.69) is 10.6 Å². The van der Waals surface area contributed by atoms with E-state index >= 15 is 0 Å². The van der Waals surface area contributed by atoms with Crippen LogP contribution >= 0.6 is 0 Å². The fourth-order valence-corrected chi connectivity index (χ4v) is 2.15. The average molecular weight is 290 g/mol. The van der Waals surface area contributed by atoms with Gasteiger partial charge >= 0.3 is 0 Å². The zero-order valence-electron chi connectivity index (χ0n) is 13.6. The molecule has 1 aromatic carbocycles. The second-order valence-electron chi connectivity index (χ2n) is 6.13. The highest BCUT2D eigenvalue weighted by Crippen LogP contribution is 2.10. The first-order valence-corrected chi connectivity index (χ1v) is 7.48. The van der Waals surface area contributed by atoms with Gasteiger partial charge in [-0.2, -0.15) is 0 Å². The fraction of sp³-hybridized carbons (Fsp3) is 0.529. The van der Waals surface area contributed by atoms with Crippen molar-refractivity contribution in [2.45, 2.75) is 53.1 Å². The monoisotopic (exact) mass is 290 g/mol. The van der Waals surface area contributed by atoms with Gasteiger partial charge in [0.1, 0.15) is 6.04 Å². The van der Waals surface area contributed by atoms with Gasteiger partial charge < -0.3 is 10.6 Å². The first kappa shape index (κ1) is 17.2. The Labute approximate surface area is 127 Å². The highest BCUT2D eigenvalue weighted by atomic mass is 16.2. The second-order valence-corrected chi connectivity index (χ2v) is 6.13. The van der Waals surface area contributed by atoms with Crippen LogP contribution in [0.4, 0.5) is 0 Å². The minimum atomic E-state index is -0.500. The molecule has 0 spiro atoms. The molecule has 0 fully saturated rings. The molecule has 1 rings (SSSR count). The van der Waals surface area contributed by atoms with Crippen molar-refractivity contribution in [2.24, 2.45) is 5.92 Å². The summed E-state index contributed by atoms with van der Waals surface area (Å²) in [7, 11) is 0. The highest BCUT2D eigenvalue weighted by Gasteiger charge is 2.23. The average Bonchev–Trinajstić information content (AvgIpc) is 2.36. The molecular formula is C17H26N2O2. The largest absolute Gasteiger partial charge is 0.352 e. The lowest BCUT2D eigenvalue weighted by molar-refractivity contribution is -0.123. The number of hydrogen-bond acceptors (Lipinski definition) is 2. The molecule has 0 aliphatic heterocycles. The van der Waals surface area contributed by atoms with E-state index in [4.69, 9.17) is 0 Å². The lowest BCUT2D eigenvalue weighted by atomic mass is 10.0. The molecule has 0 bridgehead atoms. The van der Waals surface area contributed by atoms with E-state index < -0.39 is 6.04 Å². The first-order chi connectivity index (χ1) is 9.81. The van der Waals surface area contributed by atoms with Crippen LogP contribution in [0.3, 0.4) is 0 Å². The molecule has 0 aromatic heterocycles. The highest BCUT2D eigenvalue weighted by molar-refractivity contribution is 5.98. The number of hydrogen-bond donors (Lipinski definition) is 2. The van der Waals surface area contributed by atoms with E-state index in [1.807, 2.05) is 52.8 Å². The maximum atomic E-state index is 12.4. The summed E-state index contributed by atoms with van der Waals surface area (Å²) >= 11 is 0. The zero-order chi connectivity index (χ0) is 16.0. The summed E-state index contributed by atoms with van der Waals surface area (Å²) < 4.78 is 0. The smallest absolute Gasteiger partial charge is 0.252 e. The molecule has 1 aromatic rings. The van der Waals surface area contributed by atoms with Crippen LogP contribution in [-0.4, -0.2) is 23.9 Å². The first-order valence-electron chi connectivity index (χ1n) is 7.48. The van der Waals surface area contributed by atoms with Crippen molar-refractivity contribution in [1.29, 1.82) is 0 Å². The number of aryl methyl sites for hydroxylation is 1. The Morgan fingerprint density at radius 3 is 2.19 bits per heavy atom. The minimum absolute atomic E-state index is 0.0579. The SMILES string of the molecule is Cc1ccccc1C(=O)NC(CC(C)C)C(=O)NC(C)C. The maximum Gasteiger partial charge on any atom is 0.252 e. The summed E-state index contributed by atoms with van der Waals surface area (Å²) in [5, 5.41) is 5.73. The van der Waals surface area contributed by atoms with Crippen LogP contribution in [0, 0.1) is 12.8 Å². The van der Waals surface area contributed by atoms with Crippen molar-refractivity contribution in [1.82, 2.24) is 10.6 Å². The van der Waals surface area contributed by atoms with Gasteiger partial charge in [-0.05, 0) is 44.7 Å². The van der Waals surface area contributed by atoms with Crippen LogP contribution in [0.1, 0.15) is 50.0 Å². The third-order valence-electron chi connectivity index (χ3n) is 3.15. The van der Waals surface area contributed by atoms with Crippen LogP contribution in [0.5, 0.6) is 0 Å². The van der Waals surface area contributed by atoms with Crippen molar-refractivity contribution in [2.75, 3.05) is 0 Å². The number of carbonyl (C=O) groups excluding carboxylic acids is 2. The summed E-state index contributed by atoms with van der Waals surface area (Å²) in [4.78, 5) is 24.6. The molecule has 4 heteroatoms. The van der Waals surface area contributed by atoms with Crippen LogP contribution in [-0.2, 0) is 4.79 Å². The molecule has 1 atom stereocenters. The molecule has 0 heterocycles. The third-order valence-corrected chi connectivity index (χ3v) is 3.15. The molecule has 0 aliphatic rings. The summed E-state index contributed by atoms with van der Waals surface area (Å²) in [5.74, 6) is 0.00312. The van der Waals surface area contributed by atoms with Crippen LogP contribution in [0.2, 0.25) is 0 Å². The lowest BCUT2D eigenvalue weighted by Gasteiger charge is -2.22. The van der Waals surface area contributed by atoms with E-state index in [-0.39, 0.29) is 17.9 Å². The van der Waals surface area contributed by atoms with E-state index in [9.17, 15) is 9.59 Å². The summed E-state index contributed by atoms with van der Waals surface area (Å²) in [5.41, 5.74) is 1.52. The van der Waals surface area contributed by atoms with Crippen molar-refractivity contribution < 1.29 is 9.59 Å². The van der Waals surface area contributed by atoms with Gasteiger partial charge in [0.15, 0.2) is 0 Å². The summed E-state index contributed by atoms with van der Waals surface area (Å²) in [6.07, 6.45) is 0.621. The Balaban J connectivity index is 2.83.